The number of fused-ring (bicyclic) bond motifs is 5. The molecule has 8 fully saturated rings. The maximum Gasteiger partial charge on any atom is 0.187 e. The fourth-order valence-corrected chi connectivity index (χ4v) is 16.4. The van der Waals surface area contributed by atoms with Crippen molar-refractivity contribution in [2.75, 3.05) is 26.4 Å². The van der Waals surface area contributed by atoms with Crippen LogP contribution in [0.5, 0.6) is 0 Å². The van der Waals surface area contributed by atoms with Crippen LogP contribution in [-0.2, 0) is 33.2 Å². The molecule has 29 atom stereocenters. The van der Waals surface area contributed by atoms with Crippen molar-refractivity contribution in [1.82, 2.24) is 0 Å². The van der Waals surface area contributed by atoms with Gasteiger partial charge in [-0.2, -0.15) is 0 Å². The summed E-state index contributed by atoms with van der Waals surface area (Å²) in [5.74, 6) is -0.614. The molecule has 0 amide bonds. The smallest absolute Gasteiger partial charge is 0.187 e. The number of aliphatic hydroxyl groups excluding tert-OH is 14. The number of allylic oxidation sites excluding steroid dienone is 1. The first-order valence-electron chi connectivity index (χ1n) is 27.2. The highest BCUT2D eigenvalue weighted by Gasteiger charge is 2.73. The summed E-state index contributed by atoms with van der Waals surface area (Å²) < 4.78 is 42.4. The summed E-state index contributed by atoms with van der Waals surface area (Å²) in [7, 11) is 0. The first-order valence-corrected chi connectivity index (χ1v) is 27.2. The van der Waals surface area contributed by atoms with Crippen molar-refractivity contribution in [1.29, 1.82) is 0 Å². The van der Waals surface area contributed by atoms with Gasteiger partial charge in [0.25, 0.3) is 0 Å². The van der Waals surface area contributed by atoms with Crippen molar-refractivity contribution in [2.24, 2.45) is 50.7 Å². The highest BCUT2D eigenvalue weighted by atomic mass is 16.8. The maximum atomic E-state index is 12.9. The third-order valence-corrected chi connectivity index (χ3v) is 20.8. The van der Waals surface area contributed by atoms with Gasteiger partial charge in [0.15, 0.2) is 18.9 Å². The van der Waals surface area contributed by atoms with Gasteiger partial charge in [-0.3, -0.25) is 0 Å². The molecule has 4 aliphatic carbocycles. The Hall–Kier alpha value is -1.14. The second-order valence-electron chi connectivity index (χ2n) is 25.8. The second kappa shape index (κ2) is 22.0. The minimum absolute atomic E-state index is 0.0105. The molecule has 0 aromatic rings. The van der Waals surface area contributed by atoms with Crippen molar-refractivity contribution < 1.29 is 110 Å². The van der Waals surface area contributed by atoms with E-state index < -0.39 is 177 Å². The van der Waals surface area contributed by atoms with Crippen LogP contribution >= 0.6 is 0 Å². The van der Waals surface area contributed by atoms with Crippen molar-refractivity contribution in [2.45, 2.75) is 241 Å². The number of aliphatic hydroxyl groups is 15. The van der Waals surface area contributed by atoms with Crippen LogP contribution in [0, 0.1) is 50.7 Å². The topological polar surface area (TPSA) is 368 Å². The van der Waals surface area contributed by atoms with E-state index in [4.69, 9.17) is 33.2 Å². The third kappa shape index (κ3) is 10.3. The summed E-state index contributed by atoms with van der Waals surface area (Å²) in [5.41, 5.74) is -3.95. The fraction of sp³-hybridized carbons (Fsp3) is 0.962. The maximum absolute atomic E-state index is 12.9. The van der Waals surface area contributed by atoms with Crippen molar-refractivity contribution >= 4 is 0 Å². The van der Waals surface area contributed by atoms with Crippen LogP contribution in [0.2, 0.25) is 0 Å². The molecule has 434 valence electrons. The van der Waals surface area contributed by atoms with E-state index in [2.05, 4.69) is 34.6 Å². The quantitative estimate of drug-likeness (QED) is 0.0605. The Kier molecular flexibility index (Phi) is 17.6. The van der Waals surface area contributed by atoms with Crippen LogP contribution in [0.3, 0.4) is 0 Å². The largest absolute Gasteiger partial charge is 0.394 e. The van der Waals surface area contributed by atoms with Gasteiger partial charge in [0.2, 0.25) is 0 Å². The van der Waals surface area contributed by atoms with E-state index in [0.717, 1.165) is 12.8 Å². The lowest BCUT2D eigenvalue weighted by Gasteiger charge is -2.71. The van der Waals surface area contributed by atoms with Gasteiger partial charge < -0.3 is 110 Å². The lowest BCUT2D eigenvalue weighted by atomic mass is 9.35. The second-order valence-corrected chi connectivity index (χ2v) is 25.8. The molecule has 75 heavy (non-hydrogen) atoms. The molecule has 4 saturated heterocycles. The van der Waals surface area contributed by atoms with Crippen LogP contribution in [0.25, 0.3) is 0 Å². The van der Waals surface area contributed by atoms with Crippen molar-refractivity contribution in [3.63, 3.8) is 0 Å². The summed E-state index contributed by atoms with van der Waals surface area (Å²) in [5, 5.41) is 163. The zero-order valence-corrected chi connectivity index (χ0v) is 44.6. The summed E-state index contributed by atoms with van der Waals surface area (Å²) in [6.45, 7) is 14.0. The molecule has 22 nitrogen and oxygen atoms in total. The molecule has 4 aliphatic heterocycles. The predicted octanol–water partition coefficient (Wildman–Crippen LogP) is -2.32. The van der Waals surface area contributed by atoms with Gasteiger partial charge >= 0.3 is 0 Å². The van der Waals surface area contributed by atoms with Crippen LogP contribution in [-0.4, -0.2) is 237 Å². The Morgan fingerprint density at radius 1 is 0.547 bits per heavy atom. The summed E-state index contributed by atoms with van der Waals surface area (Å²) in [4.78, 5) is 0. The minimum Gasteiger partial charge on any atom is -0.394 e. The van der Waals surface area contributed by atoms with Gasteiger partial charge in [-0.15, -0.1) is 0 Å². The first-order chi connectivity index (χ1) is 34.9. The number of hydrogen-bond acceptors (Lipinski definition) is 22. The Morgan fingerprint density at radius 3 is 1.69 bits per heavy atom. The molecule has 0 aromatic heterocycles. The average Bonchev–Trinajstić information content (AvgIpc) is 3.87. The van der Waals surface area contributed by atoms with E-state index in [-0.39, 0.29) is 40.9 Å². The zero-order chi connectivity index (χ0) is 55.3. The van der Waals surface area contributed by atoms with Crippen molar-refractivity contribution in [3.8, 4) is 0 Å². The van der Waals surface area contributed by atoms with Gasteiger partial charge in [0, 0.05) is 5.41 Å². The van der Waals surface area contributed by atoms with Crippen LogP contribution in [0.15, 0.2) is 12.2 Å². The Bertz CT molecular complexity index is 1960. The lowest BCUT2D eigenvalue weighted by molar-refractivity contribution is -0.378. The average molecular weight is 1080 g/mol. The van der Waals surface area contributed by atoms with Gasteiger partial charge in [0.05, 0.1) is 50.3 Å². The molecule has 8 aliphatic rings. The molecule has 0 bridgehead atoms. The monoisotopic (exact) mass is 1080 g/mol. The summed E-state index contributed by atoms with van der Waals surface area (Å²) >= 11 is 0. The lowest BCUT2D eigenvalue weighted by Crippen LogP contribution is -2.68. The molecule has 22 heteroatoms. The van der Waals surface area contributed by atoms with E-state index in [1.165, 1.54) is 0 Å². The molecular weight excluding hydrogens is 989 g/mol. The van der Waals surface area contributed by atoms with Gasteiger partial charge in [-0.05, 0) is 111 Å². The minimum atomic E-state index is -1.82. The SMILES string of the molecule is CC(C)(O)/C=C\C[C@](C)([C@@H]1O[C@H](CO[C@@H]2O[C@@H](CO)[C@H](O)[C@H]2O)[C@@H](O)[C@H](O)[C@H]1O)[C@H]1CC[C@]2(C)[C@@H]1[C@H](O)C[C@@H]1[C@@]3(C)CC[C@H](O[C@@H]4O[C@H](CO)[C@@H](O)[C@H](O)[C@H]4O[C@@H]4O[C@H](CO)[C@@H](O)[C@H](O)[C@H]4O)C(C)(C)[C@@H]3CC[C@]12C. The molecule has 4 saturated carbocycles. The third-order valence-electron chi connectivity index (χ3n) is 20.8. The summed E-state index contributed by atoms with van der Waals surface area (Å²) in [6.07, 6.45) is -21.7. The molecule has 0 radical (unpaired) electrons. The summed E-state index contributed by atoms with van der Waals surface area (Å²) in [6, 6.07) is 0. The van der Waals surface area contributed by atoms with Crippen LogP contribution in [0.1, 0.15) is 107 Å². The molecule has 15 N–H and O–H groups in total. The van der Waals surface area contributed by atoms with Gasteiger partial charge in [0.1, 0.15) is 91.6 Å². The molecule has 8 rings (SSSR count). The zero-order valence-electron chi connectivity index (χ0n) is 44.6. The Balaban J connectivity index is 1.04. The highest BCUT2D eigenvalue weighted by Crippen LogP contribution is 2.77. The van der Waals surface area contributed by atoms with E-state index >= 15 is 0 Å². The standard InChI is InChI=1S/C53H90O22/c1-48(2,68)13-9-14-50(5,44-40(65)37(62)36(61)28(70-44)22-69-45-41(66)35(60)27(21-56)71-45)23-10-16-53(8)32(23)24(57)18-30-51(6)15-12-31(49(3,4)29(51)11-17-52(30,53)7)74-47-43(39(64)34(59)26(20-55)73-47)75-46-42(67)38(63)33(58)25(19-54)72-46/h9,13,23-47,54-68H,10-12,14-22H2,1-8H3/b13-9-/t23-,24+,25+,26+,27-,28+,29-,30+,31-,32-,33+,34+,35-,36+,37-,38-,39-,40+,41+,42+,43+,44+,45+,46-,47-,50-,51-,52+,53+/m0/s1. The number of rotatable bonds is 15. The number of ether oxygens (including phenoxy) is 7. The predicted molar refractivity (Wildman–Crippen MR) is 260 cm³/mol. The first kappa shape index (κ1) is 60.0. The van der Waals surface area contributed by atoms with E-state index in [1.807, 2.05) is 13.0 Å². The fourth-order valence-electron chi connectivity index (χ4n) is 16.4. The Labute approximate surface area is 439 Å². The molecule has 4 heterocycles. The number of hydrogen-bond donors (Lipinski definition) is 15. The van der Waals surface area contributed by atoms with E-state index in [0.29, 0.717) is 32.1 Å². The highest BCUT2D eigenvalue weighted by molar-refractivity contribution is 5.21. The van der Waals surface area contributed by atoms with E-state index in [9.17, 15) is 76.6 Å². The molecule has 0 unspecified atom stereocenters. The van der Waals surface area contributed by atoms with Crippen LogP contribution in [0.4, 0.5) is 0 Å². The molecule has 0 aromatic carbocycles. The van der Waals surface area contributed by atoms with Crippen molar-refractivity contribution in [3.05, 3.63) is 12.2 Å². The van der Waals surface area contributed by atoms with E-state index in [1.54, 1.807) is 19.9 Å². The molecular formula is C53H90O22. The normalized spacial score (nSPS) is 53.0. The van der Waals surface area contributed by atoms with Gasteiger partial charge in [-0.25, -0.2) is 0 Å². The Morgan fingerprint density at radius 2 is 1.08 bits per heavy atom. The van der Waals surface area contributed by atoms with Crippen LogP contribution < -0.4 is 0 Å². The molecule has 0 spiro atoms. The van der Waals surface area contributed by atoms with Gasteiger partial charge in [-0.1, -0.05) is 53.7 Å².